The van der Waals surface area contributed by atoms with E-state index in [-0.39, 0.29) is 19.8 Å². The Hall–Kier alpha value is -4.42. The Kier molecular flexibility index (Phi) is 9.81. The standard InChI is InChI=1S/C33H32ClN3O5/c1-21-7-4-5-9-27(21)28-10-6-8-25(22(28)2)19-42-31-13-30(41-18-24-11-23(14-35)15-36-16-24)26(12-29(31)34)17-37-33(3,20-38)32(39)40/h4-13,15-16,37-38H,17-20H2,1-3H3,(H,39,40). The number of carboxylic acids is 1. The number of aliphatic hydroxyl groups is 1. The van der Waals surface area contributed by atoms with Crippen LogP contribution in [0.2, 0.25) is 5.02 Å². The van der Waals surface area contributed by atoms with Gasteiger partial charge < -0.3 is 19.7 Å². The molecule has 1 aromatic heterocycles. The van der Waals surface area contributed by atoms with Gasteiger partial charge in [0.1, 0.15) is 36.3 Å². The van der Waals surface area contributed by atoms with Crippen LogP contribution >= 0.6 is 11.6 Å². The second-order valence-corrected chi connectivity index (χ2v) is 10.6. The zero-order valence-corrected chi connectivity index (χ0v) is 24.4. The van der Waals surface area contributed by atoms with Crippen molar-refractivity contribution in [3.05, 3.63) is 111 Å². The zero-order chi connectivity index (χ0) is 30.3. The molecule has 0 radical (unpaired) electrons. The van der Waals surface area contributed by atoms with Crippen LogP contribution in [-0.2, 0) is 24.6 Å². The van der Waals surface area contributed by atoms with E-state index in [0.717, 1.165) is 22.3 Å². The van der Waals surface area contributed by atoms with E-state index in [1.54, 1.807) is 24.4 Å². The first kappa shape index (κ1) is 30.5. The number of pyridine rings is 1. The lowest BCUT2D eigenvalue weighted by molar-refractivity contribution is -0.145. The van der Waals surface area contributed by atoms with Gasteiger partial charge in [0.2, 0.25) is 0 Å². The molecule has 3 N–H and O–H groups in total. The Morgan fingerprint density at radius 2 is 1.74 bits per heavy atom. The average Bonchev–Trinajstić information content (AvgIpc) is 2.99. The first-order chi connectivity index (χ1) is 20.1. The summed E-state index contributed by atoms with van der Waals surface area (Å²) in [5.74, 6) is -0.398. The lowest BCUT2D eigenvalue weighted by Crippen LogP contribution is -2.52. The number of nitrogens with one attached hydrogen (secondary N) is 1. The molecule has 8 nitrogen and oxygen atoms in total. The molecule has 0 spiro atoms. The molecule has 9 heteroatoms. The third kappa shape index (κ3) is 7.07. The number of ether oxygens (including phenoxy) is 2. The van der Waals surface area contributed by atoms with Crippen molar-refractivity contribution < 1.29 is 24.5 Å². The summed E-state index contributed by atoms with van der Waals surface area (Å²) in [6.07, 6.45) is 3.06. The molecule has 0 aliphatic heterocycles. The summed E-state index contributed by atoms with van der Waals surface area (Å²) in [6, 6.07) is 21.4. The number of hydrogen-bond donors (Lipinski definition) is 3. The molecule has 1 heterocycles. The SMILES string of the molecule is Cc1ccccc1-c1cccc(COc2cc(OCc3cncc(C#N)c3)c(CNC(C)(CO)C(=O)O)cc2Cl)c1C. The molecular weight excluding hydrogens is 554 g/mol. The maximum Gasteiger partial charge on any atom is 0.326 e. The molecule has 0 aliphatic rings. The number of aliphatic hydroxyl groups excluding tert-OH is 1. The maximum absolute atomic E-state index is 11.7. The normalized spacial score (nSPS) is 12.3. The quantitative estimate of drug-likeness (QED) is 0.186. The Morgan fingerprint density at radius 3 is 2.45 bits per heavy atom. The van der Waals surface area contributed by atoms with Crippen molar-refractivity contribution in [2.45, 2.75) is 46.1 Å². The van der Waals surface area contributed by atoms with Gasteiger partial charge in [-0.05, 0) is 60.7 Å². The number of halogens is 1. The summed E-state index contributed by atoms with van der Waals surface area (Å²) in [5.41, 5.74) is 5.66. The molecule has 0 saturated carbocycles. The van der Waals surface area contributed by atoms with Crippen LogP contribution in [0.1, 0.15) is 40.3 Å². The number of hydrogen-bond acceptors (Lipinski definition) is 7. The minimum Gasteiger partial charge on any atom is -0.488 e. The highest BCUT2D eigenvalue weighted by molar-refractivity contribution is 6.32. The van der Waals surface area contributed by atoms with Gasteiger partial charge in [0.25, 0.3) is 0 Å². The van der Waals surface area contributed by atoms with Crippen LogP contribution in [0.3, 0.4) is 0 Å². The number of rotatable bonds is 12. The molecule has 1 atom stereocenters. The largest absolute Gasteiger partial charge is 0.488 e. The lowest BCUT2D eigenvalue weighted by Gasteiger charge is -2.25. The number of nitriles is 1. The van der Waals surface area contributed by atoms with E-state index in [9.17, 15) is 20.3 Å². The van der Waals surface area contributed by atoms with E-state index >= 15 is 0 Å². The van der Waals surface area contributed by atoms with Crippen LogP contribution in [0.25, 0.3) is 11.1 Å². The lowest BCUT2D eigenvalue weighted by atomic mass is 9.94. The van der Waals surface area contributed by atoms with Crippen LogP contribution in [0.4, 0.5) is 0 Å². The number of aromatic nitrogens is 1. The fourth-order valence-electron chi connectivity index (χ4n) is 4.40. The molecule has 0 amide bonds. The number of aliphatic carboxylic acids is 1. The van der Waals surface area contributed by atoms with Crippen LogP contribution in [0.15, 0.2) is 73.1 Å². The Morgan fingerprint density at radius 1 is 1.00 bits per heavy atom. The number of carbonyl (C=O) groups is 1. The van der Waals surface area contributed by atoms with Gasteiger partial charge in [0, 0.05) is 36.1 Å². The smallest absolute Gasteiger partial charge is 0.326 e. The number of aryl methyl sites for hydroxylation is 1. The molecular formula is C33H32ClN3O5. The van der Waals surface area contributed by atoms with Gasteiger partial charge in [0.15, 0.2) is 0 Å². The first-order valence-corrected chi connectivity index (χ1v) is 13.7. The van der Waals surface area contributed by atoms with Crippen LogP contribution in [0, 0.1) is 25.2 Å². The molecule has 0 saturated heterocycles. The highest BCUT2D eigenvalue weighted by Crippen LogP contribution is 2.35. The molecule has 0 aliphatic carbocycles. The van der Waals surface area contributed by atoms with Gasteiger partial charge in [0.05, 0.1) is 17.2 Å². The molecule has 42 heavy (non-hydrogen) atoms. The predicted octanol–water partition coefficient (Wildman–Crippen LogP) is 5.97. The topological polar surface area (TPSA) is 125 Å². The van der Waals surface area contributed by atoms with E-state index in [2.05, 4.69) is 48.4 Å². The Bertz CT molecular complexity index is 1630. The summed E-state index contributed by atoms with van der Waals surface area (Å²) in [5, 5.41) is 31.6. The van der Waals surface area contributed by atoms with E-state index in [1.165, 1.54) is 18.7 Å². The molecule has 4 rings (SSSR count). The molecule has 4 aromatic rings. The van der Waals surface area contributed by atoms with Crippen molar-refractivity contribution >= 4 is 17.6 Å². The monoisotopic (exact) mass is 585 g/mol. The van der Waals surface area contributed by atoms with Crippen molar-refractivity contribution in [3.8, 4) is 28.7 Å². The third-order valence-corrected chi connectivity index (χ3v) is 7.45. The van der Waals surface area contributed by atoms with Crippen molar-refractivity contribution in [2.75, 3.05) is 6.61 Å². The fourth-order valence-corrected chi connectivity index (χ4v) is 4.64. The molecule has 3 aromatic carbocycles. The average molecular weight is 586 g/mol. The number of nitrogens with zero attached hydrogens (tertiary/aromatic N) is 2. The van der Waals surface area contributed by atoms with E-state index in [4.69, 9.17) is 21.1 Å². The van der Waals surface area contributed by atoms with Gasteiger partial charge in [-0.15, -0.1) is 0 Å². The number of carboxylic acid groups (broad SMARTS) is 1. The van der Waals surface area contributed by atoms with Crippen LogP contribution in [-0.4, -0.2) is 33.3 Å². The highest BCUT2D eigenvalue weighted by atomic mass is 35.5. The highest BCUT2D eigenvalue weighted by Gasteiger charge is 2.32. The van der Waals surface area contributed by atoms with Crippen molar-refractivity contribution in [2.24, 2.45) is 0 Å². The van der Waals surface area contributed by atoms with Gasteiger partial charge >= 0.3 is 5.97 Å². The summed E-state index contributed by atoms with van der Waals surface area (Å²) >= 11 is 6.64. The molecule has 216 valence electrons. The van der Waals surface area contributed by atoms with Gasteiger partial charge in [-0.2, -0.15) is 5.26 Å². The zero-order valence-electron chi connectivity index (χ0n) is 23.6. The minimum absolute atomic E-state index is 0.0484. The van der Waals surface area contributed by atoms with Crippen LogP contribution in [0.5, 0.6) is 11.5 Å². The Balaban J connectivity index is 1.61. The van der Waals surface area contributed by atoms with E-state index in [1.807, 2.05) is 24.3 Å². The molecule has 1 unspecified atom stereocenters. The van der Waals surface area contributed by atoms with Crippen molar-refractivity contribution in [3.63, 3.8) is 0 Å². The second kappa shape index (κ2) is 13.5. The maximum atomic E-state index is 11.7. The van der Waals surface area contributed by atoms with E-state index < -0.39 is 18.1 Å². The summed E-state index contributed by atoms with van der Waals surface area (Å²) < 4.78 is 12.3. The van der Waals surface area contributed by atoms with Crippen molar-refractivity contribution in [1.29, 1.82) is 5.26 Å². The molecule has 0 fully saturated rings. The predicted molar refractivity (Wildman–Crippen MR) is 160 cm³/mol. The number of benzene rings is 3. The van der Waals surface area contributed by atoms with E-state index in [0.29, 0.717) is 33.2 Å². The van der Waals surface area contributed by atoms with Gasteiger partial charge in [-0.3, -0.25) is 15.1 Å². The fraction of sp³-hybridized carbons (Fsp3) is 0.242. The molecule has 0 bridgehead atoms. The third-order valence-electron chi connectivity index (χ3n) is 7.15. The van der Waals surface area contributed by atoms with Gasteiger partial charge in [-0.25, -0.2) is 0 Å². The minimum atomic E-state index is -1.57. The van der Waals surface area contributed by atoms with Crippen LogP contribution < -0.4 is 14.8 Å². The summed E-state index contributed by atoms with van der Waals surface area (Å²) in [6.45, 7) is 5.34. The first-order valence-electron chi connectivity index (χ1n) is 13.3. The summed E-state index contributed by atoms with van der Waals surface area (Å²) in [7, 11) is 0. The summed E-state index contributed by atoms with van der Waals surface area (Å²) in [4.78, 5) is 15.8. The Labute approximate surface area is 250 Å². The van der Waals surface area contributed by atoms with Gasteiger partial charge in [-0.1, -0.05) is 54.1 Å². The second-order valence-electron chi connectivity index (χ2n) is 10.2. The van der Waals surface area contributed by atoms with Crippen molar-refractivity contribution in [1.82, 2.24) is 10.3 Å².